The van der Waals surface area contributed by atoms with E-state index in [1.54, 1.807) is 7.05 Å². The summed E-state index contributed by atoms with van der Waals surface area (Å²) in [6.07, 6.45) is -3.82. The number of aliphatic hydroxyl groups is 2. The van der Waals surface area contributed by atoms with Crippen LogP contribution < -0.4 is 10.3 Å². The third-order valence-electron chi connectivity index (χ3n) is 3.78. The van der Waals surface area contributed by atoms with Gasteiger partial charge in [-0.25, -0.2) is 9.13 Å². The van der Waals surface area contributed by atoms with Crippen LogP contribution in [0.3, 0.4) is 0 Å². The maximum atomic E-state index is 10.8. The Balaban J connectivity index is 1.94. The van der Waals surface area contributed by atoms with E-state index in [1.165, 1.54) is 15.5 Å². The number of hydrogen-bond acceptors (Lipinski definition) is 9. The fourth-order valence-electron chi connectivity index (χ4n) is 2.70. The van der Waals surface area contributed by atoms with Gasteiger partial charge in [0.15, 0.2) is 0 Å². The molecule has 0 aromatic carbocycles. The molecule has 1 aliphatic heterocycles. The van der Waals surface area contributed by atoms with Crippen LogP contribution in [-0.2, 0) is 20.9 Å². The SMILES string of the molecule is C[n+]1cn([C@@H]2O[C@H](COP(=O)(O)O)C(O)[C@@H]2O)c2nc(N)nc(O)c21. The van der Waals surface area contributed by atoms with Crippen molar-refractivity contribution < 1.29 is 43.5 Å². The Morgan fingerprint density at radius 1 is 1.40 bits per heavy atom. The van der Waals surface area contributed by atoms with Crippen LogP contribution >= 0.6 is 7.82 Å². The maximum Gasteiger partial charge on any atom is 0.469 e. The zero-order valence-electron chi connectivity index (χ0n) is 12.9. The van der Waals surface area contributed by atoms with E-state index in [0.29, 0.717) is 0 Å². The summed E-state index contributed by atoms with van der Waals surface area (Å²) < 4.78 is 23.4. The molecule has 1 saturated heterocycles. The molecule has 0 radical (unpaired) electrons. The van der Waals surface area contributed by atoms with Crippen molar-refractivity contribution in [2.24, 2.45) is 7.05 Å². The summed E-state index contributed by atoms with van der Waals surface area (Å²) >= 11 is 0. The topological polar surface area (TPSA) is 197 Å². The Morgan fingerprint density at radius 2 is 2.08 bits per heavy atom. The monoisotopic (exact) mass is 378 g/mol. The lowest BCUT2D eigenvalue weighted by atomic mass is 10.1. The summed E-state index contributed by atoms with van der Waals surface area (Å²) in [4.78, 5) is 25.1. The molecule has 25 heavy (non-hydrogen) atoms. The number of nitrogens with zero attached hydrogens (tertiary/aromatic N) is 4. The molecule has 1 aliphatic rings. The van der Waals surface area contributed by atoms with E-state index in [9.17, 15) is 19.9 Å². The van der Waals surface area contributed by atoms with Gasteiger partial charge in [0.25, 0.3) is 17.0 Å². The number of aryl methyl sites for hydroxylation is 1. The maximum absolute atomic E-state index is 10.8. The minimum atomic E-state index is -4.76. The van der Waals surface area contributed by atoms with Crippen molar-refractivity contribution in [3.8, 4) is 5.88 Å². The van der Waals surface area contributed by atoms with E-state index in [-0.39, 0.29) is 23.0 Å². The van der Waals surface area contributed by atoms with E-state index < -0.39 is 39.0 Å². The smallest absolute Gasteiger partial charge is 0.469 e. The normalized spacial score (nSPS) is 27.2. The Hall–Kier alpha value is -1.86. The molecule has 2 aromatic heterocycles. The first-order valence-electron chi connectivity index (χ1n) is 7.03. The summed E-state index contributed by atoms with van der Waals surface area (Å²) in [5.74, 6) is -0.586. The predicted molar refractivity (Wildman–Crippen MR) is 78.7 cm³/mol. The summed E-state index contributed by atoms with van der Waals surface area (Å²) in [6, 6.07) is 0. The van der Waals surface area contributed by atoms with Gasteiger partial charge in [0.1, 0.15) is 18.3 Å². The fraction of sp³-hybridized carbons (Fsp3) is 0.545. The number of aromatic nitrogens is 4. The second-order valence-corrected chi connectivity index (χ2v) is 6.78. The quantitative estimate of drug-likeness (QED) is 0.238. The molecule has 3 heterocycles. The molecule has 3 rings (SSSR count). The second-order valence-electron chi connectivity index (χ2n) is 5.54. The highest BCUT2D eigenvalue weighted by Gasteiger charge is 2.48. The Kier molecular flexibility index (Phi) is 4.41. The first-order chi connectivity index (χ1) is 11.6. The van der Waals surface area contributed by atoms with E-state index in [2.05, 4.69) is 14.5 Å². The number of ether oxygens (including phenoxy) is 1. The van der Waals surface area contributed by atoms with Gasteiger partial charge in [0, 0.05) is 0 Å². The fourth-order valence-corrected chi connectivity index (χ4v) is 3.04. The Morgan fingerprint density at radius 3 is 2.72 bits per heavy atom. The molecule has 13 nitrogen and oxygen atoms in total. The summed E-state index contributed by atoms with van der Waals surface area (Å²) in [7, 11) is -3.17. The molecule has 0 amide bonds. The molecule has 2 aromatic rings. The van der Waals surface area contributed by atoms with Gasteiger partial charge in [0.05, 0.1) is 13.7 Å². The van der Waals surface area contributed by atoms with Gasteiger partial charge >= 0.3 is 7.82 Å². The highest BCUT2D eigenvalue weighted by Crippen LogP contribution is 2.38. The molecule has 4 atom stereocenters. The average Bonchev–Trinajstić information content (AvgIpc) is 2.95. The number of phosphoric acid groups is 1. The van der Waals surface area contributed by atoms with E-state index >= 15 is 0 Å². The zero-order chi connectivity index (χ0) is 18.5. The van der Waals surface area contributed by atoms with Crippen LogP contribution in [0.4, 0.5) is 5.95 Å². The number of aromatic hydroxyl groups is 1. The van der Waals surface area contributed by atoms with Crippen molar-refractivity contribution >= 4 is 24.9 Å². The third kappa shape index (κ3) is 3.30. The first-order valence-corrected chi connectivity index (χ1v) is 8.56. The number of aliphatic hydroxyl groups excluding tert-OH is 2. The van der Waals surface area contributed by atoms with Crippen molar-refractivity contribution in [2.75, 3.05) is 12.3 Å². The average molecular weight is 378 g/mol. The van der Waals surface area contributed by atoms with Gasteiger partial charge in [-0.1, -0.05) is 0 Å². The molecule has 1 fully saturated rings. The van der Waals surface area contributed by atoms with E-state index in [4.69, 9.17) is 20.3 Å². The van der Waals surface area contributed by atoms with Crippen molar-refractivity contribution in [3.05, 3.63) is 6.33 Å². The molecule has 7 N–H and O–H groups in total. The molecular formula is C11H17N5O8P+. The minimum Gasteiger partial charge on any atom is -0.490 e. The number of rotatable bonds is 4. The van der Waals surface area contributed by atoms with Crippen LogP contribution in [0.2, 0.25) is 0 Å². The van der Waals surface area contributed by atoms with Crippen LogP contribution in [0.1, 0.15) is 6.23 Å². The number of fused-ring (bicyclic) bond motifs is 1. The van der Waals surface area contributed by atoms with Gasteiger partial charge in [-0.3, -0.25) is 4.52 Å². The Bertz CT molecular complexity index is 853. The van der Waals surface area contributed by atoms with Crippen molar-refractivity contribution in [3.63, 3.8) is 0 Å². The summed E-state index contributed by atoms with van der Waals surface area (Å²) in [5.41, 5.74) is 5.88. The predicted octanol–water partition coefficient (Wildman–Crippen LogP) is -2.73. The number of imidazole rings is 1. The van der Waals surface area contributed by atoms with Crippen LogP contribution in [0.25, 0.3) is 11.2 Å². The number of phosphoric ester groups is 1. The zero-order valence-corrected chi connectivity index (χ0v) is 13.8. The molecule has 0 spiro atoms. The van der Waals surface area contributed by atoms with Crippen LogP contribution in [0.15, 0.2) is 6.33 Å². The standard InChI is InChI=1S/C11H16N5O8P/c1-15-3-16(8-5(15)9(19)14-11(12)13-8)10-7(18)6(17)4(24-10)2-23-25(20,21)22/h3-4,6-7,10,17-18H,2H2,1H3,(H4-,12,13,14,19,20,21,22)/p+1/t4-,6?,7+,10-/m1/s1. The molecule has 0 bridgehead atoms. The van der Waals surface area contributed by atoms with Crippen LogP contribution in [-0.4, -0.2) is 64.6 Å². The lowest BCUT2D eigenvalue weighted by Crippen LogP contribution is -2.33. The molecule has 1 unspecified atom stereocenters. The summed E-state index contributed by atoms with van der Waals surface area (Å²) in [5, 5.41) is 30.2. The number of hydrogen-bond donors (Lipinski definition) is 6. The second kappa shape index (κ2) is 6.14. The lowest BCUT2D eigenvalue weighted by molar-refractivity contribution is -0.646. The van der Waals surface area contributed by atoms with E-state index in [0.717, 1.165) is 0 Å². The van der Waals surface area contributed by atoms with Gasteiger partial charge in [-0.05, 0) is 0 Å². The number of nitrogen functional groups attached to an aromatic ring is 1. The molecule has 0 aliphatic carbocycles. The minimum absolute atomic E-state index is 0.139. The largest absolute Gasteiger partial charge is 0.490 e. The number of nitrogens with two attached hydrogens (primary N) is 1. The van der Waals surface area contributed by atoms with E-state index in [1.807, 2.05) is 0 Å². The molecule has 138 valence electrons. The van der Waals surface area contributed by atoms with Crippen molar-refractivity contribution in [1.82, 2.24) is 14.5 Å². The molecular weight excluding hydrogens is 361 g/mol. The Labute approximate surface area is 140 Å². The number of anilines is 1. The van der Waals surface area contributed by atoms with Crippen LogP contribution in [0.5, 0.6) is 5.88 Å². The van der Waals surface area contributed by atoms with Crippen LogP contribution in [0, 0.1) is 0 Å². The highest BCUT2D eigenvalue weighted by molar-refractivity contribution is 7.46. The highest BCUT2D eigenvalue weighted by atomic mass is 31.2. The molecule has 14 heteroatoms. The first kappa shape index (κ1) is 17.9. The van der Waals surface area contributed by atoms with Crippen molar-refractivity contribution in [1.29, 1.82) is 0 Å². The van der Waals surface area contributed by atoms with Crippen molar-refractivity contribution in [2.45, 2.75) is 24.5 Å². The third-order valence-corrected chi connectivity index (χ3v) is 4.26. The lowest BCUT2D eigenvalue weighted by Gasteiger charge is -2.14. The van der Waals surface area contributed by atoms with Gasteiger partial charge in [-0.2, -0.15) is 14.5 Å². The summed E-state index contributed by atoms with van der Waals surface area (Å²) in [6.45, 7) is -0.632. The van der Waals surface area contributed by atoms with Gasteiger partial charge in [0.2, 0.25) is 18.5 Å². The van der Waals surface area contributed by atoms with Gasteiger partial charge in [-0.15, -0.1) is 0 Å². The molecule has 0 saturated carbocycles. The van der Waals surface area contributed by atoms with Gasteiger partial charge < -0.3 is 35.6 Å².